The van der Waals surface area contributed by atoms with Gasteiger partial charge in [-0.1, -0.05) is 0 Å². The molecule has 2 aromatic heterocycles. The van der Waals surface area contributed by atoms with E-state index < -0.39 is 12.6 Å². The number of amides is 2. The second kappa shape index (κ2) is 12.6. The average molecular weight is 627 g/mol. The van der Waals surface area contributed by atoms with Gasteiger partial charge in [-0.3, -0.25) is 14.0 Å². The lowest BCUT2D eigenvalue weighted by Crippen LogP contribution is -2.50. The molecule has 0 spiro atoms. The molecular weight excluding hydrogens is 598 g/mol. The second-order valence-electron chi connectivity index (χ2n) is 10.6. The van der Waals surface area contributed by atoms with Gasteiger partial charge in [0.15, 0.2) is 11.5 Å². The number of benzene rings is 3. The van der Waals surface area contributed by atoms with Gasteiger partial charge in [0, 0.05) is 61.0 Å². The summed E-state index contributed by atoms with van der Waals surface area (Å²) in [6.07, 6.45) is 5.04. The van der Waals surface area contributed by atoms with E-state index >= 15 is 0 Å². The zero-order chi connectivity index (χ0) is 32.4. The molecule has 0 atom stereocenters. The number of piperazine rings is 1. The zero-order valence-corrected chi connectivity index (χ0v) is 24.6. The molecule has 1 aliphatic rings. The van der Waals surface area contributed by atoms with E-state index in [1.54, 1.807) is 52.7 Å². The number of hydrogen-bond donors (Lipinski definition) is 2. The summed E-state index contributed by atoms with van der Waals surface area (Å²) >= 11 is 0. The number of carboxylic acid groups (broad SMARTS) is 1. The number of fused-ring (bicyclic) bond motifs is 1. The van der Waals surface area contributed by atoms with Crippen LogP contribution >= 0.6 is 0 Å². The Morgan fingerprint density at radius 2 is 1.52 bits per heavy atom. The predicted octanol–water partition coefficient (Wildman–Crippen LogP) is 5.35. The SMILES string of the molecule is Cc1cc(Nc2nccn3c(-c4ccc(OC(F)F)cc4)cnc23)ccc1C(=O)N1CCN(C(=O)c2ccc(C(=O)O)cc2)CC1. The standard InChI is InChI=1S/C33H28F2N6O5/c1-20-18-24(38-28-29-37-19-27(41(29)13-12-36-28)21-6-9-25(10-7-21)46-33(34)35)8-11-26(20)31(43)40-16-14-39(15-17-40)30(42)22-2-4-23(5-3-22)32(44)45/h2-13,18-19,33H,14-17H2,1H3,(H,36,38)(H,44,45). The van der Waals surface area contributed by atoms with Crippen molar-refractivity contribution in [1.29, 1.82) is 0 Å². The quantitative estimate of drug-likeness (QED) is 0.236. The van der Waals surface area contributed by atoms with Gasteiger partial charge < -0.3 is 25.0 Å². The van der Waals surface area contributed by atoms with Crippen LogP contribution in [0.1, 0.15) is 36.6 Å². The number of aromatic carboxylic acids is 1. The molecule has 2 amide bonds. The number of imidazole rings is 1. The highest BCUT2D eigenvalue weighted by molar-refractivity contribution is 5.98. The molecule has 0 bridgehead atoms. The third-order valence-corrected chi connectivity index (χ3v) is 7.76. The number of nitrogens with zero attached hydrogens (tertiary/aromatic N) is 5. The number of carbonyl (C=O) groups excluding carboxylic acids is 2. The molecule has 2 N–H and O–H groups in total. The van der Waals surface area contributed by atoms with E-state index in [4.69, 9.17) is 5.11 Å². The molecule has 0 radical (unpaired) electrons. The van der Waals surface area contributed by atoms with E-state index in [-0.39, 0.29) is 23.1 Å². The van der Waals surface area contributed by atoms with Crippen LogP contribution in [0.3, 0.4) is 0 Å². The van der Waals surface area contributed by atoms with Crippen LogP contribution in [-0.2, 0) is 0 Å². The minimum absolute atomic E-state index is 0.0632. The van der Waals surface area contributed by atoms with E-state index in [2.05, 4.69) is 20.0 Å². The first-order valence-corrected chi connectivity index (χ1v) is 14.3. The number of aromatic nitrogens is 3. The molecule has 0 unspecified atom stereocenters. The van der Waals surface area contributed by atoms with Crippen LogP contribution in [-0.4, -0.2) is 79.8 Å². The third kappa shape index (κ3) is 6.20. The topological polar surface area (TPSA) is 129 Å². The van der Waals surface area contributed by atoms with Crippen molar-refractivity contribution >= 4 is 34.9 Å². The van der Waals surface area contributed by atoms with Crippen LogP contribution in [0.4, 0.5) is 20.3 Å². The summed E-state index contributed by atoms with van der Waals surface area (Å²) in [5.74, 6) is -0.846. The molecule has 11 nitrogen and oxygen atoms in total. The molecule has 1 saturated heterocycles. The fraction of sp³-hybridized carbons (Fsp3) is 0.182. The van der Waals surface area contributed by atoms with Gasteiger partial charge in [-0.25, -0.2) is 14.8 Å². The summed E-state index contributed by atoms with van der Waals surface area (Å²) in [6, 6.07) is 17.5. The second-order valence-corrected chi connectivity index (χ2v) is 10.6. The lowest BCUT2D eigenvalue weighted by molar-refractivity contribution is -0.0498. The largest absolute Gasteiger partial charge is 0.478 e. The Balaban J connectivity index is 1.11. The van der Waals surface area contributed by atoms with Crippen LogP contribution in [0.15, 0.2) is 85.3 Å². The van der Waals surface area contributed by atoms with Gasteiger partial charge in [-0.05, 0) is 79.2 Å². The maximum atomic E-state index is 13.4. The fourth-order valence-corrected chi connectivity index (χ4v) is 5.37. The number of alkyl halides is 2. The van der Waals surface area contributed by atoms with Gasteiger partial charge in [0.05, 0.1) is 17.5 Å². The Kier molecular flexibility index (Phi) is 8.29. The molecule has 0 aliphatic carbocycles. The Morgan fingerprint density at radius 1 is 0.870 bits per heavy atom. The molecule has 5 aromatic rings. The van der Waals surface area contributed by atoms with Gasteiger partial charge in [0.2, 0.25) is 0 Å². The normalized spacial score (nSPS) is 13.2. The Hall–Kier alpha value is -5.85. The van der Waals surface area contributed by atoms with Crippen molar-refractivity contribution in [2.75, 3.05) is 31.5 Å². The fourth-order valence-electron chi connectivity index (χ4n) is 5.37. The average Bonchev–Trinajstić information content (AvgIpc) is 3.50. The molecule has 3 heterocycles. The number of nitrogens with one attached hydrogen (secondary N) is 1. The molecule has 3 aromatic carbocycles. The number of carboxylic acids is 1. The number of anilines is 2. The van der Waals surface area contributed by atoms with Crippen molar-refractivity contribution < 1.29 is 33.0 Å². The minimum atomic E-state index is -2.90. The first-order chi connectivity index (χ1) is 22.2. The number of rotatable bonds is 8. The van der Waals surface area contributed by atoms with Gasteiger partial charge in [-0.2, -0.15) is 8.78 Å². The maximum Gasteiger partial charge on any atom is 0.387 e. The van der Waals surface area contributed by atoms with Gasteiger partial charge in [0.1, 0.15) is 5.75 Å². The number of halogens is 2. The van der Waals surface area contributed by atoms with Gasteiger partial charge in [0.25, 0.3) is 11.8 Å². The molecule has 234 valence electrons. The van der Waals surface area contributed by atoms with Crippen LogP contribution in [0.25, 0.3) is 16.9 Å². The van der Waals surface area contributed by atoms with Crippen molar-refractivity contribution in [2.45, 2.75) is 13.5 Å². The van der Waals surface area contributed by atoms with Crippen LogP contribution in [0, 0.1) is 6.92 Å². The van der Waals surface area contributed by atoms with Crippen LogP contribution in [0.5, 0.6) is 5.75 Å². The lowest BCUT2D eigenvalue weighted by atomic mass is 10.1. The number of aryl methyl sites for hydroxylation is 1. The molecule has 1 aliphatic heterocycles. The summed E-state index contributed by atoms with van der Waals surface area (Å²) in [7, 11) is 0. The molecular formula is C33H28F2N6O5. The Bertz CT molecular complexity index is 1920. The summed E-state index contributed by atoms with van der Waals surface area (Å²) in [5, 5.41) is 12.4. The Morgan fingerprint density at radius 3 is 2.15 bits per heavy atom. The smallest absolute Gasteiger partial charge is 0.387 e. The van der Waals surface area contributed by atoms with Crippen molar-refractivity contribution in [1.82, 2.24) is 24.2 Å². The molecule has 0 saturated carbocycles. The van der Waals surface area contributed by atoms with Crippen molar-refractivity contribution in [2.24, 2.45) is 0 Å². The van der Waals surface area contributed by atoms with E-state index in [1.807, 2.05) is 17.4 Å². The van der Waals surface area contributed by atoms with Gasteiger partial charge in [-0.15, -0.1) is 0 Å². The number of ether oxygens (including phenoxy) is 1. The summed E-state index contributed by atoms with van der Waals surface area (Å²) in [6.45, 7) is 0.409. The highest BCUT2D eigenvalue weighted by Gasteiger charge is 2.26. The predicted molar refractivity (Wildman–Crippen MR) is 165 cm³/mol. The molecule has 13 heteroatoms. The van der Waals surface area contributed by atoms with E-state index in [1.165, 1.54) is 36.4 Å². The molecule has 1 fully saturated rings. The molecule has 46 heavy (non-hydrogen) atoms. The van der Waals surface area contributed by atoms with Crippen molar-refractivity contribution in [3.63, 3.8) is 0 Å². The highest BCUT2D eigenvalue weighted by Crippen LogP contribution is 2.28. The summed E-state index contributed by atoms with van der Waals surface area (Å²) < 4.78 is 31.3. The third-order valence-electron chi connectivity index (χ3n) is 7.76. The first-order valence-electron chi connectivity index (χ1n) is 14.3. The number of hydrogen-bond acceptors (Lipinski definition) is 7. The van der Waals surface area contributed by atoms with Gasteiger partial charge >= 0.3 is 12.6 Å². The van der Waals surface area contributed by atoms with E-state index in [0.717, 1.165) is 16.8 Å². The van der Waals surface area contributed by atoms with Crippen LogP contribution < -0.4 is 10.1 Å². The highest BCUT2D eigenvalue weighted by atomic mass is 19.3. The summed E-state index contributed by atoms with van der Waals surface area (Å²) in [5.41, 5.74) is 4.56. The number of carbonyl (C=O) groups is 3. The zero-order valence-electron chi connectivity index (χ0n) is 24.6. The molecule has 6 rings (SSSR count). The van der Waals surface area contributed by atoms with Crippen LogP contribution in [0.2, 0.25) is 0 Å². The van der Waals surface area contributed by atoms with E-state index in [0.29, 0.717) is 54.5 Å². The first kappa shape index (κ1) is 30.2. The monoisotopic (exact) mass is 626 g/mol. The maximum absolute atomic E-state index is 13.4. The lowest BCUT2D eigenvalue weighted by Gasteiger charge is -2.35. The Labute approximate surface area is 261 Å². The van der Waals surface area contributed by atoms with Crippen molar-refractivity contribution in [3.05, 3.63) is 108 Å². The minimum Gasteiger partial charge on any atom is -0.478 e. The summed E-state index contributed by atoms with van der Waals surface area (Å²) in [4.78, 5) is 49.7. The van der Waals surface area contributed by atoms with Crippen molar-refractivity contribution in [3.8, 4) is 17.0 Å². The van der Waals surface area contributed by atoms with E-state index in [9.17, 15) is 23.2 Å².